The van der Waals surface area contributed by atoms with Gasteiger partial charge < -0.3 is 25.9 Å². The fourth-order valence-electron chi connectivity index (χ4n) is 7.21. The van der Waals surface area contributed by atoms with Gasteiger partial charge in [0.2, 0.25) is 0 Å². The number of methoxy groups -OCH3 is 4. The van der Waals surface area contributed by atoms with Gasteiger partial charge in [0.05, 0.1) is 33.9 Å². The van der Waals surface area contributed by atoms with Gasteiger partial charge in [-0.15, -0.1) is 0 Å². The second-order valence-corrected chi connectivity index (χ2v) is 15.0. The van der Waals surface area contributed by atoms with E-state index in [0.29, 0.717) is 0 Å². The van der Waals surface area contributed by atoms with Crippen molar-refractivity contribution < 1.29 is 40.8 Å². The van der Waals surface area contributed by atoms with E-state index in [2.05, 4.69) is 88.5 Å². The predicted octanol–water partition coefficient (Wildman–Crippen LogP) is 14.8. The Labute approximate surface area is 355 Å². The molecule has 0 aliphatic heterocycles. The van der Waals surface area contributed by atoms with Crippen LogP contribution in [0.2, 0.25) is 0 Å². The Hall–Kier alpha value is -1.82. The number of rotatable bonds is 14. The molecule has 0 radical (unpaired) electrons. The monoisotopic (exact) mass is 912 g/mol. The van der Waals surface area contributed by atoms with Crippen molar-refractivity contribution in [2.24, 2.45) is 11.8 Å². The maximum absolute atomic E-state index is 7.81. The Bertz CT molecular complexity index is 1600. The zero-order valence-corrected chi connectivity index (χ0v) is 40.5. The Morgan fingerprint density at radius 1 is 0.736 bits per heavy atom. The average molecular weight is 916 g/mol. The molecule has 0 fully saturated rings. The standard InChI is InChI=1S/C23H34O2.C18H23BrO2.C5H11.BrH.Zn/c1-7-8-9-10-18-14-21(24-5)23(22(15-18)25-6)20-13-17(4)11-12-19(20)16(2)3;1-11(2)14-7-6-12(3)8-15(14)18-16(20-4)9-13(19)10-17(18)21-5;1-3-5-4-2;;/h13-15,19-20H,2,7-12H2,1,3-6H3;8-10,14-15H,1,6-7H2,2-5H3;1,3-5H2,2H3;1H;/q;;-1;;+2/p-1/t19-,20+;14-,15+;;;/m00.../s1/i2D2,3+1;1D2,2+1;;;. The molecule has 0 bridgehead atoms. The summed E-state index contributed by atoms with van der Waals surface area (Å²) in [6.45, 7) is 16.0. The van der Waals surface area contributed by atoms with Crippen LogP contribution >= 0.6 is 29.6 Å². The normalized spacial score (nSPS) is 19.9. The van der Waals surface area contributed by atoms with Gasteiger partial charge in [-0.1, -0.05) is 103 Å². The number of benzene rings is 2. The molecular weight excluding hydrogens is 844 g/mol. The SMILES string of the molecule is [2H]C([2H])=C([13CH3])[C@@H]1CCC(C)=C[C@H]1c1c(OC)cc(Br)cc1OC.[2H]C([2H])=C([13CH3])[C@@H]1CCC(C)=C[C@H]1c1c(OC)cc(CCCCC)cc1OC.[CH2-]CCCC.[Zn+][Br]. The maximum atomic E-state index is 7.81. The Kier molecular flexibility index (Phi) is 21.5. The van der Waals surface area contributed by atoms with Crippen molar-refractivity contribution in [1.29, 1.82) is 0 Å². The van der Waals surface area contributed by atoms with Gasteiger partial charge in [0.25, 0.3) is 0 Å². The fraction of sp³-hybridized carbons (Fsp3) is 0.543. The molecule has 0 unspecified atom stereocenters. The molecule has 4 nitrogen and oxygen atoms in total. The van der Waals surface area contributed by atoms with Crippen LogP contribution in [0, 0.1) is 18.8 Å². The van der Waals surface area contributed by atoms with Gasteiger partial charge in [-0.25, -0.2) is 0 Å². The van der Waals surface area contributed by atoms with E-state index >= 15 is 0 Å². The molecule has 4 rings (SSSR count). The number of unbranched alkanes of at least 4 members (excludes halogenated alkanes) is 4. The molecule has 0 saturated carbocycles. The van der Waals surface area contributed by atoms with Crippen molar-refractivity contribution in [3.05, 3.63) is 99.9 Å². The number of ether oxygens (including phenoxy) is 4. The molecule has 53 heavy (non-hydrogen) atoms. The zero-order valence-electron chi connectivity index (χ0n) is 38.4. The summed E-state index contributed by atoms with van der Waals surface area (Å²) >= 11 is 7.74. The quantitative estimate of drug-likeness (QED) is 0.0622. The first-order chi connectivity index (χ1) is 27.2. The van der Waals surface area contributed by atoms with E-state index in [4.69, 9.17) is 24.4 Å². The summed E-state index contributed by atoms with van der Waals surface area (Å²) in [6, 6.07) is 8.16. The third kappa shape index (κ3) is 15.3. The van der Waals surface area contributed by atoms with E-state index in [0.717, 1.165) is 94.7 Å². The molecule has 2 aromatic rings. The fourth-order valence-corrected chi connectivity index (χ4v) is 7.62. The van der Waals surface area contributed by atoms with Crippen molar-refractivity contribution in [2.75, 3.05) is 28.4 Å². The summed E-state index contributed by atoms with van der Waals surface area (Å²) in [7, 11) is 6.74. The van der Waals surface area contributed by atoms with E-state index in [-0.39, 0.29) is 36.7 Å². The first-order valence-corrected chi connectivity index (χ1v) is 26.8. The van der Waals surface area contributed by atoms with Crippen molar-refractivity contribution in [2.45, 2.75) is 124 Å². The van der Waals surface area contributed by atoms with Crippen LogP contribution < -0.4 is 18.9 Å². The Morgan fingerprint density at radius 2 is 1.13 bits per heavy atom. The van der Waals surface area contributed by atoms with Crippen LogP contribution in [-0.4, -0.2) is 28.4 Å². The Morgan fingerprint density at radius 3 is 1.45 bits per heavy atom. The summed E-state index contributed by atoms with van der Waals surface area (Å²) < 4.78 is 54.7. The molecule has 2 aliphatic carbocycles. The Balaban J connectivity index is 0.000000494. The van der Waals surface area contributed by atoms with Gasteiger partial charge in [0.15, 0.2) is 0 Å². The molecule has 0 saturated heterocycles. The van der Waals surface area contributed by atoms with Crippen LogP contribution in [0.3, 0.4) is 0 Å². The molecule has 7 heteroatoms. The van der Waals surface area contributed by atoms with Crippen LogP contribution in [-0.2, 0) is 22.8 Å². The van der Waals surface area contributed by atoms with Gasteiger partial charge in [-0.3, -0.25) is 0 Å². The van der Waals surface area contributed by atoms with Crippen molar-refractivity contribution >= 4 is 29.6 Å². The second-order valence-electron chi connectivity index (χ2n) is 14.0. The minimum atomic E-state index is -0.0944. The van der Waals surface area contributed by atoms with Crippen LogP contribution in [0.5, 0.6) is 23.0 Å². The molecule has 2 aromatic carbocycles. The van der Waals surface area contributed by atoms with Gasteiger partial charge in [-0.05, 0) is 108 Å². The zero-order chi connectivity index (χ0) is 43.2. The predicted molar refractivity (Wildman–Crippen MR) is 232 cm³/mol. The molecule has 0 heterocycles. The van der Waals surface area contributed by atoms with Crippen LogP contribution in [0.4, 0.5) is 0 Å². The number of hydrogen-bond donors (Lipinski definition) is 0. The van der Waals surface area contributed by atoms with E-state index < -0.39 is 0 Å². The topological polar surface area (TPSA) is 36.9 Å². The van der Waals surface area contributed by atoms with Crippen molar-refractivity contribution in [3.8, 4) is 23.0 Å². The summed E-state index contributed by atoms with van der Waals surface area (Å²) in [6.07, 6.45) is 16.6. The minimum absolute atomic E-state index is 0.0486. The third-order valence-corrected chi connectivity index (χ3v) is 10.5. The molecule has 2 aliphatic rings. The number of aryl methyl sites for hydroxylation is 1. The van der Waals surface area contributed by atoms with Crippen LogP contribution in [0.1, 0.15) is 140 Å². The second kappa shape index (κ2) is 26.9. The average Bonchev–Trinajstić information content (AvgIpc) is 3.20. The number of halogens is 2. The van der Waals surface area contributed by atoms with Gasteiger partial charge in [0, 0.05) is 27.4 Å². The van der Waals surface area contributed by atoms with E-state index in [1.165, 1.54) is 58.7 Å². The summed E-state index contributed by atoms with van der Waals surface area (Å²) in [5, 5.41) is 0. The number of allylic oxidation sites excluding steroid dienone is 6. The molecule has 0 N–H and O–H groups in total. The van der Waals surface area contributed by atoms with E-state index in [1.807, 2.05) is 26.0 Å². The molecule has 292 valence electrons. The van der Waals surface area contributed by atoms with Gasteiger partial charge >= 0.3 is 30.0 Å². The summed E-state index contributed by atoms with van der Waals surface area (Å²) in [5.74, 6) is 3.60. The van der Waals surface area contributed by atoms with Crippen molar-refractivity contribution in [1.82, 2.24) is 0 Å². The molecule has 4 atom stereocenters. The summed E-state index contributed by atoms with van der Waals surface area (Å²) in [4.78, 5) is 0. The van der Waals surface area contributed by atoms with E-state index in [1.54, 1.807) is 28.4 Å². The summed E-state index contributed by atoms with van der Waals surface area (Å²) in [5.41, 5.74) is 7.58. The van der Waals surface area contributed by atoms with Gasteiger partial charge in [-0.2, -0.15) is 6.42 Å². The third-order valence-electron chi connectivity index (χ3n) is 10.1. The number of hydrogen-bond acceptors (Lipinski definition) is 4. The van der Waals surface area contributed by atoms with Crippen molar-refractivity contribution in [3.63, 3.8) is 0 Å². The van der Waals surface area contributed by atoms with E-state index in [9.17, 15) is 0 Å². The van der Waals surface area contributed by atoms with Gasteiger partial charge in [0.1, 0.15) is 23.0 Å². The molecule has 0 amide bonds. The molecule has 0 aromatic heterocycles. The van der Waals surface area contributed by atoms with Crippen LogP contribution in [0.25, 0.3) is 0 Å². The molecular formula is C46H68Br2O4Zn. The first kappa shape index (κ1) is 42.3. The van der Waals surface area contributed by atoms with Crippen LogP contribution in [0.15, 0.2) is 76.2 Å². The first-order valence-electron chi connectivity index (χ1n) is 21.1. The molecule has 0 spiro atoms.